The molecule has 4 aromatic rings. The number of ether oxygens (including phenoxy) is 1. The van der Waals surface area contributed by atoms with Crippen LogP contribution in [-0.2, 0) is 0 Å². The van der Waals surface area contributed by atoms with E-state index in [0.29, 0.717) is 53.3 Å². The molecule has 1 amide bonds. The van der Waals surface area contributed by atoms with Crippen molar-refractivity contribution in [3.05, 3.63) is 53.4 Å². The summed E-state index contributed by atoms with van der Waals surface area (Å²) in [6.45, 7) is 2.13. The van der Waals surface area contributed by atoms with Crippen LogP contribution in [0.5, 0.6) is 6.01 Å². The summed E-state index contributed by atoms with van der Waals surface area (Å²) >= 11 is 6.54. The van der Waals surface area contributed by atoms with E-state index in [4.69, 9.17) is 16.3 Å². The van der Waals surface area contributed by atoms with Gasteiger partial charge < -0.3 is 24.5 Å². The number of likely N-dealkylation sites (N-methyl/N-ethyl adjacent to an activating group) is 2. The van der Waals surface area contributed by atoms with Crippen LogP contribution in [0.2, 0.25) is 5.02 Å². The third kappa shape index (κ3) is 4.75. The Balaban J connectivity index is 1.46. The second-order valence-corrected chi connectivity index (χ2v) is 10.9. The van der Waals surface area contributed by atoms with E-state index in [1.54, 1.807) is 18.3 Å². The van der Waals surface area contributed by atoms with E-state index in [9.17, 15) is 9.90 Å². The molecule has 4 heterocycles. The summed E-state index contributed by atoms with van der Waals surface area (Å²) in [5, 5.41) is 12.0. The maximum atomic E-state index is 16.4. The van der Waals surface area contributed by atoms with E-state index in [2.05, 4.69) is 26.9 Å². The van der Waals surface area contributed by atoms with E-state index in [-0.39, 0.29) is 29.3 Å². The van der Waals surface area contributed by atoms with E-state index >= 15 is 4.39 Å². The van der Waals surface area contributed by atoms with Crippen molar-refractivity contribution in [3.63, 3.8) is 0 Å². The summed E-state index contributed by atoms with van der Waals surface area (Å²) in [4.78, 5) is 30.8. The number of benzene rings is 2. The molecule has 2 fully saturated rings. The van der Waals surface area contributed by atoms with Crippen LogP contribution in [0.15, 0.2) is 42.6 Å². The molecule has 2 aliphatic heterocycles. The summed E-state index contributed by atoms with van der Waals surface area (Å²) < 4.78 is 22.5. The third-order valence-corrected chi connectivity index (χ3v) is 8.46. The quantitative estimate of drug-likeness (QED) is 0.337. The van der Waals surface area contributed by atoms with Gasteiger partial charge in [-0.3, -0.25) is 4.98 Å². The molecule has 11 heteroatoms. The number of hydrogen-bond acceptors (Lipinski definition) is 7. The van der Waals surface area contributed by atoms with Gasteiger partial charge in [0.1, 0.15) is 23.6 Å². The highest BCUT2D eigenvalue weighted by Crippen LogP contribution is 2.37. The van der Waals surface area contributed by atoms with Crippen molar-refractivity contribution in [3.8, 4) is 17.3 Å². The highest BCUT2D eigenvalue weighted by molar-refractivity contribution is 6.36. The number of carboxylic acid groups (broad SMARTS) is 1. The van der Waals surface area contributed by atoms with Crippen LogP contribution < -0.4 is 9.64 Å². The molecule has 208 valence electrons. The number of amides is 1. The Labute approximate surface area is 236 Å². The van der Waals surface area contributed by atoms with Gasteiger partial charge in [-0.25, -0.2) is 9.18 Å². The Morgan fingerprint density at radius 1 is 1.20 bits per heavy atom. The van der Waals surface area contributed by atoms with Gasteiger partial charge in [-0.2, -0.15) is 9.97 Å². The van der Waals surface area contributed by atoms with Gasteiger partial charge in [0.05, 0.1) is 5.39 Å². The molecule has 2 unspecified atom stereocenters. The number of hydrogen-bond donors (Lipinski definition) is 1. The second kappa shape index (κ2) is 10.7. The number of likely N-dealkylation sites (tertiary alicyclic amines) is 2. The Bertz CT molecular complexity index is 1600. The molecule has 0 bridgehead atoms. The van der Waals surface area contributed by atoms with Gasteiger partial charge in [-0.05, 0) is 44.3 Å². The van der Waals surface area contributed by atoms with E-state index in [0.717, 1.165) is 24.8 Å². The molecular formula is C29H30ClFN6O3. The molecule has 0 saturated carbocycles. The molecule has 0 spiro atoms. The molecule has 9 nitrogen and oxygen atoms in total. The molecule has 2 aromatic heterocycles. The number of aromatic nitrogens is 3. The second-order valence-electron chi connectivity index (χ2n) is 10.5. The van der Waals surface area contributed by atoms with Gasteiger partial charge in [-0.15, -0.1) is 0 Å². The first-order chi connectivity index (χ1) is 19.3. The van der Waals surface area contributed by atoms with Gasteiger partial charge in [0.15, 0.2) is 5.82 Å². The Hall–Kier alpha value is -3.76. The zero-order chi connectivity index (χ0) is 28.0. The van der Waals surface area contributed by atoms with Crippen molar-refractivity contribution < 1.29 is 19.0 Å². The van der Waals surface area contributed by atoms with E-state index in [1.807, 2.05) is 36.2 Å². The molecule has 1 N–H and O–H groups in total. The first-order valence-corrected chi connectivity index (χ1v) is 13.8. The number of anilines is 1. The van der Waals surface area contributed by atoms with Crippen molar-refractivity contribution in [2.75, 3.05) is 45.2 Å². The van der Waals surface area contributed by atoms with Gasteiger partial charge >= 0.3 is 12.1 Å². The van der Waals surface area contributed by atoms with Crippen molar-refractivity contribution in [2.24, 2.45) is 0 Å². The average Bonchev–Trinajstić information content (AvgIpc) is 3.61. The first kappa shape index (κ1) is 26.5. The highest BCUT2D eigenvalue weighted by Gasteiger charge is 2.31. The van der Waals surface area contributed by atoms with Gasteiger partial charge in [0.2, 0.25) is 0 Å². The molecule has 6 rings (SSSR count). The summed E-state index contributed by atoms with van der Waals surface area (Å²) in [7, 11) is 3.89. The summed E-state index contributed by atoms with van der Waals surface area (Å²) in [6, 6.07) is 11.3. The highest BCUT2D eigenvalue weighted by atomic mass is 35.5. The topological polar surface area (TPSA) is 94.9 Å². The van der Waals surface area contributed by atoms with Gasteiger partial charge in [0, 0.05) is 54.4 Å². The number of nitrogens with zero attached hydrogens (tertiary/aromatic N) is 6. The molecule has 40 heavy (non-hydrogen) atoms. The lowest BCUT2D eigenvalue weighted by molar-refractivity contribution is 0.155. The Kier molecular flexibility index (Phi) is 7.06. The number of carbonyl (C=O) groups is 1. The molecular weight excluding hydrogens is 535 g/mol. The van der Waals surface area contributed by atoms with Crippen LogP contribution in [-0.4, -0.2) is 88.4 Å². The fourth-order valence-electron chi connectivity index (χ4n) is 5.80. The van der Waals surface area contributed by atoms with Crippen LogP contribution >= 0.6 is 11.6 Å². The van der Waals surface area contributed by atoms with Crippen LogP contribution in [0.3, 0.4) is 0 Å². The Morgan fingerprint density at radius 2 is 2.00 bits per heavy atom. The van der Waals surface area contributed by atoms with Crippen LogP contribution in [0.25, 0.3) is 32.9 Å². The number of rotatable bonds is 6. The lowest BCUT2D eigenvalue weighted by atomic mass is 10.0. The zero-order valence-electron chi connectivity index (χ0n) is 22.3. The number of fused-ring (bicyclic) bond motifs is 2. The van der Waals surface area contributed by atoms with Gasteiger partial charge in [-0.1, -0.05) is 41.9 Å². The van der Waals surface area contributed by atoms with Crippen molar-refractivity contribution >= 4 is 45.2 Å². The lowest BCUT2D eigenvalue weighted by Gasteiger charge is -2.27. The molecule has 0 aliphatic carbocycles. The molecule has 2 saturated heterocycles. The summed E-state index contributed by atoms with van der Waals surface area (Å²) in [5.41, 5.74) is 0.797. The van der Waals surface area contributed by atoms with E-state index < -0.39 is 11.9 Å². The van der Waals surface area contributed by atoms with Crippen LogP contribution in [0, 0.1) is 5.82 Å². The fraction of sp³-hybridized carbons (Fsp3) is 0.379. The van der Waals surface area contributed by atoms with Crippen molar-refractivity contribution in [1.29, 1.82) is 0 Å². The number of pyridine rings is 1. The molecule has 2 atom stereocenters. The lowest BCUT2D eigenvalue weighted by Crippen LogP contribution is -2.36. The fourth-order valence-corrected chi connectivity index (χ4v) is 6.08. The minimum absolute atomic E-state index is 0.0785. The molecule has 0 radical (unpaired) electrons. The van der Waals surface area contributed by atoms with Crippen LogP contribution in [0.4, 0.5) is 15.0 Å². The average molecular weight is 565 g/mol. The standard InChI is InChI=1S/C29H30ClFN6O3/c1-35-12-5-8-19(35)16-40-28-33-26-21(27(34-28)36(2)18-11-13-37(15-18)29(38)39)14-32-25(24(26)31)20-9-3-6-17-7-4-10-22(30)23(17)20/h3-4,6-7,9-10,14,18-19H,5,8,11-13,15-16H2,1-2H3,(H,38,39). The zero-order valence-corrected chi connectivity index (χ0v) is 23.1. The third-order valence-electron chi connectivity index (χ3n) is 8.14. The first-order valence-electron chi connectivity index (χ1n) is 13.4. The minimum atomic E-state index is -0.959. The predicted octanol–water partition coefficient (Wildman–Crippen LogP) is 5.30. The monoisotopic (exact) mass is 564 g/mol. The SMILES string of the molecule is CN1CCCC1COc1nc(N(C)C2CCN(C(=O)O)C2)c2cnc(-c3cccc4cccc(Cl)c34)c(F)c2n1. The molecule has 2 aromatic carbocycles. The van der Waals surface area contributed by atoms with Gasteiger partial charge in [0.25, 0.3) is 0 Å². The largest absolute Gasteiger partial charge is 0.465 e. The summed E-state index contributed by atoms with van der Waals surface area (Å²) in [5.74, 6) is -0.144. The maximum Gasteiger partial charge on any atom is 0.407 e. The maximum absolute atomic E-state index is 16.4. The van der Waals surface area contributed by atoms with Crippen LogP contribution in [0.1, 0.15) is 19.3 Å². The summed E-state index contributed by atoms with van der Waals surface area (Å²) in [6.07, 6.45) is 3.34. The Morgan fingerprint density at radius 3 is 2.73 bits per heavy atom. The van der Waals surface area contributed by atoms with Crippen molar-refractivity contribution in [1.82, 2.24) is 24.8 Å². The van der Waals surface area contributed by atoms with E-state index in [1.165, 1.54) is 4.90 Å². The molecule has 2 aliphatic rings. The normalized spacial score (nSPS) is 19.6. The smallest absolute Gasteiger partial charge is 0.407 e. The minimum Gasteiger partial charge on any atom is -0.465 e. The number of halogens is 2. The predicted molar refractivity (Wildman–Crippen MR) is 153 cm³/mol. The van der Waals surface area contributed by atoms with Crippen molar-refractivity contribution in [2.45, 2.75) is 31.3 Å².